The molecular weight excluding hydrogens is 202 g/mol. The summed E-state index contributed by atoms with van der Waals surface area (Å²) < 4.78 is 42.4. The molecule has 1 fully saturated rings. The summed E-state index contributed by atoms with van der Waals surface area (Å²) in [5.74, 6) is -0.446. The molecule has 12 heavy (non-hydrogen) atoms. The monoisotopic (exact) mass is 213 g/mol. The van der Waals surface area contributed by atoms with E-state index in [0.717, 1.165) is 6.26 Å². The highest BCUT2D eigenvalue weighted by Gasteiger charge is 2.54. The molecule has 0 aliphatic heterocycles. The molecule has 0 unspecified atom stereocenters. The molecule has 0 atom stereocenters. The molecule has 5 nitrogen and oxygen atoms in total. The van der Waals surface area contributed by atoms with Crippen LogP contribution in [0.5, 0.6) is 0 Å². The summed E-state index contributed by atoms with van der Waals surface area (Å²) in [4.78, 5) is 0. The first kappa shape index (κ1) is 9.94. The van der Waals surface area contributed by atoms with E-state index in [2.05, 4.69) is 0 Å². The fourth-order valence-electron chi connectivity index (χ4n) is 1.13. The Kier molecular flexibility index (Phi) is 2.01. The van der Waals surface area contributed by atoms with Crippen LogP contribution in [0.1, 0.15) is 12.8 Å². The maximum atomic E-state index is 11.1. The predicted molar refractivity (Wildman–Crippen MR) is 44.8 cm³/mol. The molecule has 0 saturated heterocycles. The Morgan fingerprint density at radius 1 is 1.25 bits per heavy atom. The molecule has 0 aromatic carbocycles. The van der Waals surface area contributed by atoms with E-state index < -0.39 is 30.4 Å². The van der Waals surface area contributed by atoms with Crippen molar-refractivity contribution in [2.75, 3.05) is 12.0 Å². The molecule has 2 N–H and O–H groups in total. The molecule has 1 saturated carbocycles. The maximum absolute atomic E-state index is 11.1. The van der Waals surface area contributed by atoms with Crippen LogP contribution in [0.15, 0.2) is 0 Å². The Hall–Kier alpha value is -0.140. The van der Waals surface area contributed by atoms with Crippen molar-refractivity contribution < 1.29 is 16.8 Å². The summed E-state index contributed by atoms with van der Waals surface area (Å²) in [5.41, 5.74) is 0. The van der Waals surface area contributed by atoms with Crippen molar-refractivity contribution in [3.05, 3.63) is 0 Å². The van der Waals surface area contributed by atoms with Gasteiger partial charge in [0.25, 0.3) is 0 Å². The molecule has 0 aromatic rings. The summed E-state index contributed by atoms with van der Waals surface area (Å²) in [7, 11) is -6.97. The van der Waals surface area contributed by atoms with E-state index in [4.69, 9.17) is 5.14 Å². The Morgan fingerprint density at radius 2 is 1.67 bits per heavy atom. The van der Waals surface area contributed by atoms with Gasteiger partial charge in [0, 0.05) is 6.26 Å². The van der Waals surface area contributed by atoms with Crippen LogP contribution >= 0.6 is 0 Å². The molecule has 72 valence electrons. The van der Waals surface area contributed by atoms with Crippen molar-refractivity contribution in [1.29, 1.82) is 0 Å². The lowest BCUT2D eigenvalue weighted by atomic mass is 10.5. The van der Waals surface area contributed by atoms with Crippen LogP contribution in [0.3, 0.4) is 0 Å². The maximum Gasteiger partial charge on any atom is 0.210 e. The van der Waals surface area contributed by atoms with Crippen molar-refractivity contribution in [2.45, 2.75) is 17.6 Å². The largest absolute Gasteiger partial charge is 0.229 e. The van der Waals surface area contributed by atoms with Crippen LogP contribution < -0.4 is 5.14 Å². The SMILES string of the molecule is CS(=O)(=O)C1(CS(N)(=O)=O)CC1. The highest BCUT2D eigenvalue weighted by molar-refractivity contribution is 7.95. The fourth-order valence-corrected chi connectivity index (χ4v) is 4.34. The molecule has 0 heterocycles. The van der Waals surface area contributed by atoms with E-state index in [0.29, 0.717) is 12.8 Å². The van der Waals surface area contributed by atoms with Crippen molar-refractivity contribution in [3.8, 4) is 0 Å². The van der Waals surface area contributed by atoms with Crippen molar-refractivity contribution >= 4 is 19.9 Å². The van der Waals surface area contributed by atoms with Gasteiger partial charge in [0.1, 0.15) is 0 Å². The number of hydrogen-bond donors (Lipinski definition) is 1. The first-order valence-corrected chi connectivity index (χ1v) is 6.97. The number of sulfone groups is 1. The third-order valence-electron chi connectivity index (χ3n) is 2.06. The second kappa shape index (κ2) is 2.43. The van der Waals surface area contributed by atoms with Gasteiger partial charge in [-0.25, -0.2) is 22.0 Å². The van der Waals surface area contributed by atoms with Gasteiger partial charge in [0.2, 0.25) is 10.0 Å². The normalized spacial score (nSPS) is 22.2. The zero-order chi connectivity index (χ0) is 9.62. The van der Waals surface area contributed by atoms with E-state index in [1.165, 1.54) is 0 Å². The summed E-state index contributed by atoms with van der Waals surface area (Å²) in [6, 6.07) is 0. The molecule has 1 aliphatic carbocycles. The number of rotatable bonds is 3. The van der Waals surface area contributed by atoms with Gasteiger partial charge in [-0.05, 0) is 12.8 Å². The topological polar surface area (TPSA) is 94.3 Å². The molecule has 0 bridgehead atoms. The zero-order valence-electron chi connectivity index (χ0n) is 6.65. The van der Waals surface area contributed by atoms with E-state index >= 15 is 0 Å². The number of nitrogens with two attached hydrogens (primary N) is 1. The number of hydrogen-bond acceptors (Lipinski definition) is 4. The number of primary sulfonamides is 1. The fraction of sp³-hybridized carbons (Fsp3) is 1.00. The van der Waals surface area contributed by atoms with Gasteiger partial charge in [-0.1, -0.05) is 0 Å². The van der Waals surface area contributed by atoms with E-state index in [1.54, 1.807) is 0 Å². The van der Waals surface area contributed by atoms with Crippen LogP contribution in [-0.2, 0) is 19.9 Å². The Morgan fingerprint density at radius 3 is 1.75 bits per heavy atom. The third-order valence-corrected chi connectivity index (χ3v) is 5.32. The average Bonchev–Trinajstić information content (AvgIpc) is 2.39. The third kappa shape index (κ3) is 1.96. The lowest BCUT2D eigenvalue weighted by Crippen LogP contribution is -2.34. The second-order valence-electron chi connectivity index (χ2n) is 3.26. The first-order valence-electron chi connectivity index (χ1n) is 3.36. The van der Waals surface area contributed by atoms with Gasteiger partial charge in [-0.2, -0.15) is 0 Å². The summed E-state index contributed by atoms with van der Waals surface area (Å²) >= 11 is 0. The van der Waals surface area contributed by atoms with Crippen molar-refractivity contribution in [2.24, 2.45) is 5.14 Å². The molecule has 0 amide bonds. The summed E-state index contributed by atoms with van der Waals surface area (Å²) in [6.45, 7) is 0. The second-order valence-corrected chi connectivity index (χ2v) is 7.29. The van der Waals surface area contributed by atoms with Gasteiger partial charge in [0.05, 0.1) is 10.5 Å². The Labute approximate surface area is 71.9 Å². The van der Waals surface area contributed by atoms with Crippen molar-refractivity contribution in [3.63, 3.8) is 0 Å². The molecule has 1 rings (SSSR count). The minimum Gasteiger partial charge on any atom is -0.229 e. The van der Waals surface area contributed by atoms with Crippen molar-refractivity contribution in [1.82, 2.24) is 0 Å². The molecule has 0 radical (unpaired) electrons. The van der Waals surface area contributed by atoms with Crippen LogP contribution in [0.2, 0.25) is 0 Å². The minimum absolute atomic E-state index is 0.405. The molecule has 0 aromatic heterocycles. The predicted octanol–water partition coefficient (Wildman–Crippen LogP) is -1.15. The molecular formula is C5H11NO4S2. The van der Waals surface area contributed by atoms with E-state index in [-0.39, 0.29) is 0 Å². The lowest BCUT2D eigenvalue weighted by Gasteiger charge is -2.09. The van der Waals surface area contributed by atoms with Crippen LogP contribution in [0.25, 0.3) is 0 Å². The van der Waals surface area contributed by atoms with Crippen LogP contribution in [0.4, 0.5) is 0 Å². The van der Waals surface area contributed by atoms with E-state index in [1.807, 2.05) is 0 Å². The highest BCUT2D eigenvalue weighted by atomic mass is 32.2. The summed E-state index contributed by atoms with van der Waals surface area (Å²) in [6.07, 6.45) is 1.86. The van der Waals surface area contributed by atoms with Gasteiger partial charge in [-0.15, -0.1) is 0 Å². The summed E-state index contributed by atoms with van der Waals surface area (Å²) in [5, 5.41) is 4.77. The van der Waals surface area contributed by atoms with Gasteiger partial charge >= 0.3 is 0 Å². The van der Waals surface area contributed by atoms with Gasteiger partial charge in [-0.3, -0.25) is 0 Å². The average molecular weight is 213 g/mol. The standard InChI is InChI=1S/C5H11NO4S2/c1-11(7,8)5(2-3-5)4-12(6,9)10/h2-4H2,1H3,(H2,6,9,10). The smallest absolute Gasteiger partial charge is 0.210 e. The molecule has 0 spiro atoms. The van der Waals surface area contributed by atoms with Crippen LogP contribution in [-0.4, -0.2) is 33.6 Å². The quantitative estimate of drug-likeness (QED) is 0.640. The lowest BCUT2D eigenvalue weighted by molar-refractivity contribution is 0.576. The molecule has 7 heteroatoms. The highest BCUT2D eigenvalue weighted by Crippen LogP contribution is 2.43. The van der Waals surface area contributed by atoms with Crippen LogP contribution in [0, 0.1) is 0 Å². The molecule has 1 aliphatic rings. The Bertz CT molecular complexity index is 376. The number of sulfonamides is 1. The van der Waals surface area contributed by atoms with Gasteiger partial charge in [0.15, 0.2) is 9.84 Å². The van der Waals surface area contributed by atoms with E-state index in [9.17, 15) is 16.8 Å². The Balaban J connectivity index is 2.92. The van der Waals surface area contributed by atoms with Gasteiger partial charge < -0.3 is 0 Å². The zero-order valence-corrected chi connectivity index (χ0v) is 8.28. The minimum atomic E-state index is -3.68. The first-order chi connectivity index (χ1) is 5.16.